The second-order valence-electron chi connectivity index (χ2n) is 5.25. The largest absolute Gasteiger partial charge is 0.314 e. The standard InChI is InChI=1S/C13H26N2S/c1-2-6-15-7-3-13(4-8-15)14-10-12-5-9-16-11-12/h12-14H,2-11H2,1H3. The number of hydrogen-bond donors (Lipinski definition) is 1. The predicted octanol–water partition coefficient (Wildman–Crippen LogP) is 2.20. The molecule has 1 N–H and O–H groups in total. The van der Waals surface area contributed by atoms with E-state index in [-0.39, 0.29) is 0 Å². The fourth-order valence-electron chi connectivity index (χ4n) is 2.75. The first-order valence-electron chi connectivity index (χ1n) is 6.92. The molecular formula is C13H26N2S. The number of rotatable bonds is 5. The van der Waals surface area contributed by atoms with E-state index in [0.717, 1.165) is 12.0 Å². The van der Waals surface area contributed by atoms with Gasteiger partial charge in [0.1, 0.15) is 0 Å². The molecule has 2 nitrogen and oxygen atoms in total. The summed E-state index contributed by atoms with van der Waals surface area (Å²) in [5.41, 5.74) is 0. The van der Waals surface area contributed by atoms with Gasteiger partial charge in [-0.1, -0.05) is 6.92 Å². The van der Waals surface area contributed by atoms with Gasteiger partial charge in [0.25, 0.3) is 0 Å². The summed E-state index contributed by atoms with van der Waals surface area (Å²) in [6, 6.07) is 0.804. The summed E-state index contributed by atoms with van der Waals surface area (Å²) in [4.78, 5) is 2.61. The fourth-order valence-corrected chi connectivity index (χ4v) is 4.04. The highest BCUT2D eigenvalue weighted by molar-refractivity contribution is 7.99. The maximum atomic E-state index is 3.79. The van der Waals surface area contributed by atoms with Crippen LogP contribution in [0.15, 0.2) is 0 Å². The van der Waals surface area contributed by atoms with Crippen LogP contribution in [0.5, 0.6) is 0 Å². The normalized spacial score (nSPS) is 28.7. The van der Waals surface area contributed by atoms with E-state index in [0.29, 0.717) is 0 Å². The van der Waals surface area contributed by atoms with Gasteiger partial charge in [-0.15, -0.1) is 0 Å². The van der Waals surface area contributed by atoms with Gasteiger partial charge in [0.2, 0.25) is 0 Å². The molecule has 1 atom stereocenters. The van der Waals surface area contributed by atoms with Gasteiger partial charge in [0, 0.05) is 6.04 Å². The first-order valence-corrected chi connectivity index (χ1v) is 8.07. The summed E-state index contributed by atoms with van der Waals surface area (Å²) in [7, 11) is 0. The summed E-state index contributed by atoms with van der Waals surface area (Å²) in [6.45, 7) is 7.47. The summed E-state index contributed by atoms with van der Waals surface area (Å²) >= 11 is 2.13. The highest BCUT2D eigenvalue weighted by Crippen LogP contribution is 2.23. The molecule has 16 heavy (non-hydrogen) atoms. The van der Waals surface area contributed by atoms with Crippen LogP contribution in [0, 0.1) is 5.92 Å². The zero-order valence-corrected chi connectivity index (χ0v) is 11.4. The molecule has 2 heterocycles. The third-order valence-electron chi connectivity index (χ3n) is 3.85. The van der Waals surface area contributed by atoms with Gasteiger partial charge >= 0.3 is 0 Å². The van der Waals surface area contributed by atoms with Crippen LogP contribution in [0.25, 0.3) is 0 Å². The number of thioether (sulfide) groups is 1. The lowest BCUT2D eigenvalue weighted by Gasteiger charge is -2.32. The summed E-state index contributed by atoms with van der Waals surface area (Å²) in [6.07, 6.45) is 5.46. The minimum atomic E-state index is 0.804. The van der Waals surface area contributed by atoms with Crippen molar-refractivity contribution in [2.75, 3.05) is 37.7 Å². The molecule has 0 radical (unpaired) electrons. The highest BCUT2D eigenvalue weighted by Gasteiger charge is 2.20. The van der Waals surface area contributed by atoms with Crippen molar-refractivity contribution >= 4 is 11.8 Å². The third kappa shape index (κ3) is 3.94. The van der Waals surface area contributed by atoms with Crippen molar-refractivity contribution in [2.45, 2.75) is 38.6 Å². The van der Waals surface area contributed by atoms with Crippen molar-refractivity contribution < 1.29 is 0 Å². The van der Waals surface area contributed by atoms with Crippen molar-refractivity contribution in [3.8, 4) is 0 Å². The van der Waals surface area contributed by atoms with Crippen molar-refractivity contribution in [1.82, 2.24) is 10.2 Å². The van der Waals surface area contributed by atoms with Crippen molar-refractivity contribution in [2.24, 2.45) is 5.92 Å². The molecule has 0 saturated carbocycles. The smallest absolute Gasteiger partial charge is 0.00915 e. The first-order chi connectivity index (χ1) is 7.88. The molecule has 0 aromatic heterocycles. The number of hydrogen-bond acceptors (Lipinski definition) is 3. The molecule has 2 rings (SSSR count). The lowest BCUT2D eigenvalue weighted by atomic mass is 10.0. The third-order valence-corrected chi connectivity index (χ3v) is 5.08. The van der Waals surface area contributed by atoms with Gasteiger partial charge in [-0.05, 0) is 69.3 Å². The number of piperidine rings is 1. The molecule has 2 aliphatic rings. The summed E-state index contributed by atoms with van der Waals surface area (Å²) < 4.78 is 0. The van der Waals surface area contributed by atoms with E-state index < -0.39 is 0 Å². The Labute approximate surface area is 105 Å². The Kier molecular flexibility index (Phi) is 5.46. The zero-order chi connectivity index (χ0) is 11.2. The lowest BCUT2D eigenvalue weighted by Crippen LogP contribution is -2.44. The molecule has 94 valence electrons. The minimum Gasteiger partial charge on any atom is -0.314 e. The quantitative estimate of drug-likeness (QED) is 0.796. The van der Waals surface area contributed by atoms with Gasteiger partial charge in [0.05, 0.1) is 0 Å². The van der Waals surface area contributed by atoms with Crippen molar-refractivity contribution in [3.63, 3.8) is 0 Å². The van der Waals surface area contributed by atoms with Crippen LogP contribution in [0.2, 0.25) is 0 Å². The van der Waals surface area contributed by atoms with E-state index in [2.05, 4.69) is 28.9 Å². The Morgan fingerprint density at radius 3 is 2.69 bits per heavy atom. The van der Waals surface area contributed by atoms with Gasteiger partial charge in [0.15, 0.2) is 0 Å². The van der Waals surface area contributed by atoms with Crippen LogP contribution < -0.4 is 5.32 Å². The second kappa shape index (κ2) is 6.87. The number of nitrogens with one attached hydrogen (secondary N) is 1. The zero-order valence-electron chi connectivity index (χ0n) is 10.6. The maximum Gasteiger partial charge on any atom is 0.00915 e. The van der Waals surface area contributed by atoms with E-state index in [1.54, 1.807) is 0 Å². The molecular weight excluding hydrogens is 216 g/mol. The van der Waals surface area contributed by atoms with E-state index in [9.17, 15) is 0 Å². The Hall–Kier alpha value is 0.270. The Morgan fingerprint density at radius 1 is 1.25 bits per heavy atom. The monoisotopic (exact) mass is 242 g/mol. The van der Waals surface area contributed by atoms with Crippen LogP contribution >= 0.6 is 11.8 Å². The van der Waals surface area contributed by atoms with Crippen LogP contribution in [0.3, 0.4) is 0 Å². The average molecular weight is 242 g/mol. The lowest BCUT2D eigenvalue weighted by molar-refractivity contribution is 0.196. The second-order valence-corrected chi connectivity index (χ2v) is 6.40. The molecule has 0 aromatic carbocycles. The van der Waals surface area contributed by atoms with Crippen LogP contribution in [0.4, 0.5) is 0 Å². The van der Waals surface area contributed by atoms with E-state index in [4.69, 9.17) is 0 Å². The molecule has 2 saturated heterocycles. The molecule has 0 bridgehead atoms. The summed E-state index contributed by atoms with van der Waals surface area (Å²) in [5.74, 6) is 3.74. The Balaban J connectivity index is 1.57. The van der Waals surface area contributed by atoms with Crippen molar-refractivity contribution in [3.05, 3.63) is 0 Å². The summed E-state index contributed by atoms with van der Waals surface area (Å²) in [5, 5.41) is 3.79. The highest BCUT2D eigenvalue weighted by atomic mass is 32.2. The van der Waals surface area contributed by atoms with Crippen LogP contribution in [-0.4, -0.2) is 48.6 Å². The minimum absolute atomic E-state index is 0.804. The van der Waals surface area contributed by atoms with E-state index in [1.807, 2.05) is 0 Å². The molecule has 0 aliphatic carbocycles. The SMILES string of the molecule is CCCN1CCC(NCC2CCSC2)CC1. The Morgan fingerprint density at radius 2 is 2.06 bits per heavy atom. The number of nitrogens with zero attached hydrogens (tertiary/aromatic N) is 1. The number of likely N-dealkylation sites (tertiary alicyclic amines) is 1. The van der Waals surface area contributed by atoms with Crippen LogP contribution in [0.1, 0.15) is 32.6 Å². The molecule has 0 spiro atoms. The van der Waals surface area contributed by atoms with Gasteiger partial charge in [-0.25, -0.2) is 0 Å². The van der Waals surface area contributed by atoms with Gasteiger partial charge in [-0.3, -0.25) is 0 Å². The van der Waals surface area contributed by atoms with Crippen molar-refractivity contribution in [1.29, 1.82) is 0 Å². The topological polar surface area (TPSA) is 15.3 Å². The molecule has 0 aromatic rings. The van der Waals surface area contributed by atoms with E-state index in [1.165, 1.54) is 63.4 Å². The molecule has 2 fully saturated rings. The fraction of sp³-hybridized carbons (Fsp3) is 1.00. The first kappa shape index (κ1) is 12.7. The molecule has 2 aliphatic heterocycles. The van der Waals surface area contributed by atoms with Gasteiger partial charge in [-0.2, -0.15) is 11.8 Å². The maximum absolute atomic E-state index is 3.79. The van der Waals surface area contributed by atoms with E-state index >= 15 is 0 Å². The Bertz CT molecular complexity index is 184. The van der Waals surface area contributed by atoms with Gasteiger partial charge < -0.3 is 10.2 Å². The molecule has 3 heteroatoms. The van der Waals surface area contributed by atoms with Crippen LogP contribution in [-0.2, 0) is 0 Å². The average Bonchev–Trinajstić information content (AvgIpc) is 2.82. The molecule has 1 unspecified atom stereocenters. The predicted molar refractivity (Wildman–Crippen MR) is 73.2 cm³/mol. The molecule has 0 amide bonds.